The van der Waals surface area contributed by atoms with Crippen molar-refractivity contribution in [3.63, 3.8) is 0 Å². The van der Waals surface area contributed by atoms with Crippen LogP contribution in [0.1, 0.15) is 19.8 Å². The van der Waals surface area contributed by atoms with Gasteiger partial charge in [0.05, 0.1) is 16.3 Å². The Bertz CT molecular complexity index is 614. The minimum atomic E-state index is -0.432. The predicted octanol–water partition coefficient (Wildman–Crippen LogP) is 4.12. The second-order valence-corrected chi connectivity index (χ2v) is 4.84. The zero-order valence-electron chi connectivity index (χ0n) is 12.0. The Morgan fingerprint density at radius 2 is 1.90 bits per heavy atom. The van der Waals surface area contributed by atoms with Gasteiger partial charge in [-0.25, -0.2) is 0 Å². The number of hydrogen-bond donors (Lipinski definition) is 1. The molecule has 2 aromatic carbocycles. The van der Waals surface area contributed by atoms with Gasteiger partial charge in [-0.2, -0.15) is 0 Å². The highest BCUT2D eigenvalue weighted by atomic mass is 16.6. The van der Waals surface area contributed by atoms with Gasteiger partial charge in [-0.05, 0) is 24.6 Å². The van der Waals surface area contributed by atoms with Crippen LogP contribution in [0.15, 0.2) is 48.5 Å². The summed E-state index contributed by atoms with van der Waals surface area (Å²) in [6.45, 7) is 2.95. The van der Waals surface area contributed by atoms with Gasteiger partial charge in [-0.1, -0.05) is 31.5 Å². The van der Waals surface area contributed by atoms with Gasteiger partial charge in [0.15, 0.2) is 0 Å². The largest absolute Gasteiger partial charge is 0.397 e. The van der Waals surface area contributed by atoms with Gasteiger partial charge in [-0.3, -0.25) is 10.1 Å². The Kier molecular flexibility index (Phi) is 4.77. The van der Waals surface area contributed by atoms with Crippen LogP contribution >= 0.6 is 0 Å². The van der Waals surface area contributed by atoms with E-state index in [1.165, 1.54) is 12.1 Å². The van der Waals surface area contributed by atoms with Gasteiger partial charge >= 0.3 is 0 Å². The first-order valence-corrected chi connectivity index (χ1v) is 7.00. The zero-order valence-corrected chi connectivity index (χ0v) is 12.0. The fourth-order valence-electron chi connectivity index (χ4n) is 2.21. The highest BCUT2D eigenvalue weighted by molar-refractivity contribution is 5.76. The first kappa shape index (κ1) is 14.8. The Labute approximate surface area is 124 Å². The van der Waals surface area contributed by atoms with Gasteiger partial charge in [-0.15, -0.1) is 0 Å². The van der Waals surface area contributed by atoms with Gasteiger partial charge in [0, 0.05) is 24.4 Å². The van der Waals surface area contributed by atoms with E-state index in [1.54, 1.807) is 6.07 Å². The van der Waals surface area contributed by atoms with Crippen molar-refractivity contribution < 1.29 is 4.92 Å². The third-order valence-electron chi connectivity index (χ3n) is 3.32. The molecule has 5 heteroatoms. The van der Waals surface area contributed by atoms with Crippen LogP contribution in [0.4, 0.5) is 22.7 Å². The number of nitro groups is 1. The van der Waals surface area contributed by atoms with Gasteiger partial charge in [0.1, 0.15) is 0 Å². The number of hydrogen-bond acceptors (Lipinski definition) is 4. The molecular weight excluding hydrogens is 266 g/mol. The molecule has 21 heavy (non-hydrogen) atoms. The minimum Gasteiger partial charge on any atom is -0.397 e. The van der Waals surface area contributed by atoms with E-state index < -0.39 is 4.92 Å². The third kappa shape index (κ3) is 3.51. The van der Waals surface area contributed by atoms with Crippen molar-refractivity contribution in [1.82, 2.24) is 0 Å². The average Bonchev–Trinajstić information content (AvgIpc) is 2.50. The summed E-state index contributed by atoms with van der Waals surface area (Å²) < 4.78 is 0. The number of nitrogen functional groups attached to an aromatic ring is 1. The van der Waals surface area contributed by atoms with Crippen molar-refractivity contribution in [2.24, 2.45) is 0 Å². The summed E-state index contributed by atoms with van der Waals surface area (Å²) in [5.74, 6) is 0. The summed E-state index contributed by atoms with van der Waals surface area (Å²) in [5.41, 5.74) is 8.30. The topological polar surface area (TPSA) is 72.4 Å². The smallest absolute Gasteiger partial charge is 0.271 e. The number of para-hydroxylation sites is 1. The zero-order chi connectivity index (χ0) is 15.2. The predicted molar refractivity (Wildman–Crippen MR) is 85.9 cm³/mol. The number of nitrogens with zero attached hydrogens (tertiary/aromatic N) is 2. The van der Waals surface area contributed by atoms with Crippen LogP contribution < -0.4 is 10.6 Å². The first-order valence-electron chi connectivity index (χ1n) is 7.00. The van der Waals surface area contributed by atoms with Crippen molar-refractivity contribution >= 4 is 22.7 Å². The number of rotatable bonds is 6. The van der Waals surface area contributed by atoms with Crippen LogP contribution in [0.25, 0.3) is 0 Å². The molecule has 5 nitrogen and oxygen atoms in total. The SMILES string of the molecule is CCCCN(c1ccccc1)c1ccc([N+](=O)[O-])cc1N. The van der Waals surface area contributed by atoms with Crippen molar-refractivity contribution in [2.45, 2.75) is 19.8 Å². The van der Waals surface area contributed by atoms with Crippen molar-refractivity contribution in [1.29, 1.82) is 0 Å². The summed E-state index contributed by atoms with van der Waals surface area (Å²) in [6, 6.07) is 14.5. The molecule has 0 fully saturated rings. The molecule has 0 saturated carbocycles. The lowest BCUT2D eigenvalue weighted by Gasteiger charge is -2.26. The average molecular weight is 285 g/mol. The molecule has 110 valence electrons. The lowest BCUT2D eigenvalue weighted by atomic mass is 10.1. The van der Waals surface area contributed by atoms with Crippen molar-refractivity contribution in [2.75, 3.05) is 17.2 Å². The molecule has 2 N–H and O–H groups in total. The molecule has 0 unspecified atom stereocenters. The quantitative estimate of drug-likeness (QED) is 0.492. The molecule has 0 amide bonds. The van der Waals surface area contributed by atoms with Gasteiger partial charge in [0.25, 0.3) is 5.69 Å². The summed E-state index contributed by atoms with van der Waals surface area (Å²) >= 11 is 0. The highest BCUT2D eigenvalue weighted by Crippen LogP contribution is 2.33. The summed E-state index contributed by atoms with van der Waals surface area (Å²) in [4.78, 5) is 12.5. The molecule has 0 heterocycles. The van der Waals surface area contributed by atoms with Crippen molar-refractivity contribution in [3.8, 4) is 0 Å². The van der Waals surface area contributed by atoms with E-state index in [2.05, 4.69) is 11.8 Å². The number of non-ortho nitro benzene ring substituents is 1. The van der Waals surface area contributed by atoms with Gasteiger partial charge < -0.3 is 10.6 Å². The standard InChI is InChI=1S/C16H19N3O2/c1-2-3-11-18(13-7-5-4-6-8-13)16-10-9-14(19(20)21)12-15(16)17/h4-10,12H,2-3,11,17H2,1H3. The Morgan fingerprint density at radius 1 is 1.19 bits per heavy atom. The maximum absolute atomic E-state index is 10.8. The Morgan fingerprint density at radius 3 is 2.48 bits per heavy atom. The molecule has 0 radical (unpaired) electrons. The van der Waals surface area contributed by atoms with E-state index in [1.807, 2.05) is 30.3 Å². The van der Waals surface area contributed by atoms with Crippen molar-refractivity contribution in [3.05, 3.63) is 58.6 Å². The normalized spacial score (nSPS) is 10.3. The summed E-state index contributed by atoms with van der Waals surface area (Å²) in [5, 5.41) is 10.8. The highest BCUT2D eigenvalue weighted by Gasteiger charge is 2.15. The maximum Gasteiger partial charge on any atom is 0.271 e. The second-order valence-electron chi connectivity index (χ2n) is 4.84. The number of nitrogens with two attached hydrogens (primary N) is 1. The van der Waals surface area contributed by atoms with E-state index in [-0.39, 0.29) is 5.69 Å². The molecule has 0 aliphatic carbocycles. The van der Waals surface area contributed by atoms with Gasteiger partial charge in [0.2, 0.25) is 0 Å². The molecule has 0 aromatic heterocycles. The molecular formula is C16H19N3O2. The molecule has 0 aliphatic rings. The molecule has 2 aromatic rings. The lowest BCUT2D eigenvalue weighted by molar-refractivity contribution is -0.384. The lowest BCUT2D eigenvalue weighted by Crippen LogP contribution is -2.19. The van der Waals surface area contributed by atoms with Crippen LogP contribution in [0.2, 0.25) is 0 Å². The van der Waals surface area contributed by atoms with Crippen LogP contribution in [-0.2, 0) is 0 Å². The monoisotopic (exact) mass is 285 g/mol. The van der Waals surface area contributed by atoms with E-state index in [9.17, 15) is 10.1 Å². The Hall–Kier alpha value is -2.56. The molecule has 0 atom stereocenters. The molecule has 0 bridgehead atoms. The number of nitro benzene ring substituents is 1. The fraction of sp³-hybridized carbons (Fsp3) is 0.250. The summed E-state index contributed by atoms with van der Waals surface area (Å²) in [6.07, 6.45) is 2.08. The van der Waals surface area contributed by atoms with E-state index >= 15 is 0 Å². The number of benzene rings is 2. The van der Waals surface area contributed by atoms with E-state index in [4.69, 9.17) is 5.73 Å². The number of unbranched alkanes of at least 4 members (excludes halogenated alkanes) is 1. The van der Waals surface area contributed by atoms with Crippen LogP contribution in [0.5, 0.6) is 0 Å². The summed E-state index contributed by atoms with van der Waals surface area (Å²) in [7, 11) is 0. The first-order chi connectivity index (χ1) is 10.1. The number of anilines is 3. The third-order valence-corrected chi connectivity index (χ3v) is 3.32. The molecule has 2 rings (SSSR count). The maximum atomic E-state index is 10.8. The molecule has 0 spiro atoms. The van der Waals surface area contributed by atoms with Crippen LogP contribution in [0.3, 0.4) is 0 Å². The Balaban J connectivity index is 2.39. The van der Waals surface area contributed by atoms with E-state index in [0.29, 0.717) is 5.69 Å². The molecule has 0 aliphatic heterocycles. The molecule has 0 saturated heterocycles. The fourth-order valence-corrected chi connectivity index (χ4v) is 2.21. The van der Waals surface area contributed by atoms with Crippen LogP contribution in [0, 0.1) is 10.1 Å². The van der Waals surface area contributed by atoms with Crippen LogP contribution in [-0.4, -0.2) is 11.5 Å². The minimum absolute atomic E-state index is 0.0137. The second kappa shape index (κ2) is 6.74. The van der Waals surface area contributed by atoms with E-state index in [0.717, 1.165) is 30.8 Å².